The van der Waals surface area contributed by atoms with Crippen molar-refractivity contribution in [3.63, 3.8) is 0 Å². The number of hydrogen-bond acceptors (Lipinski definition) is 6. The zero-order valence-corrected chi connectivity index (χ0v) is 18.7. The molecule has 1 fully saturated rings. The summed E-state index contributed by atoms with van der Waals surface area (Å²) in [6.07, 6.45) is 3.23. The molecule has 2 heterocycles. The van der Waals surface area contributed by atoms with Crippen LogP contribution in [0.15, 0.2) is 72.6 Å². The number of aliphatic hydroxyl groups excluding tert-OH is 1. The summed E-state index contributed by atoms with van der Waals surface area (Å²) in [4.78, 5) is 31.7. The van der Waals surface area contributed by atoms with Gasteiger partial charge in [0.05, 0.1) is 30.9 Å². The Kier molecular flexibility index (Phi) is 6.33. The molecule has 0 aliphatic carbocycles. The number of aromatic nitrogens is 1. The van der Waals surface area contributed by atoms with Gasteiger partial charge >= 0.3 is 0 Å². The number of methoxy groups -OCH3 is 2. The first-order valence-electron chi connectivity index (χ1n) is 10.1. The summed E-state index contributed by atoms with van der Waals surface area (Å²) >= 11 is 6.33. The summed E-state index contributed by atoms with van der Waals surface area (Å²) in [5.41, 5.74) is 1.55. The number of nitrogens with zero attached hydrogens (tertiary/aromatic N) is 2. The van der Waals surface area contributed by atoms with Gasteiger partial charge in [-0.1, -0.05) is 23.7 Å². The molecule has 7 nitrogen and oxygen atoms in total. The number of hydrogen-bond donors (Lipinski definition) is 1. The van der Waals surface area contributed by atoms with Gasteiger partial charge < -0.3 is 19.5 Å². The van der Waals surface area contributed by atoms with Gasteiger partial charge in [0.15, 0.2) is 0 Å². The Balaban J connectivity index is 1.91. The number of Topliss-reactive ketones (excluding diaryl/α,β-unsaturated/α-hetero) is 1. The van der Waals surface area contributed by atoms with Crippen molar-refractivity contribution in [2.45, 2.75) is 12.6 Å². The fourth-order valence-corrected chi connectivity index (χ4v) is 4.05. The largest absolute Gasteiger partial charge is 0.507 e. The van der Waals surface area contributed by atoms with Gasteiger partial charge in [0.25, 0.3) is 11.7 Å². The summed E-state index contributed by atoms with van der Waals surface area (Å²) in [7, 11) is 3.01. The van der Waals surface area contributed by atoms with Crippen molar-refractivity contribution >= 4 is 29.1 Å². The van der Waals surface area contributed by atoms with Crippen molar-refractivity contribution in [2.24, 2.45) is 0 Å². The maximum Gasteiger partial charge on any atom is 0.295 e. The van der Waals surface area contributed by atoms with Crippen LogP contribution in [0.25, 0.3) is 5.76 Å². The van der Waals surface area contributed by atoms with Crippen LogP contribution in [0.2, 0.25) is 5.02 Å². The molecule has 33 heavy (non-hydrogen) atoms. The lowest BCUT2D eigenvalue weighted by atomic mass is 9.95. The van der Waals surface area contributed by atoms with E-state index in [-0.39, 0.29) is 28.5 Å². The maximum atomic E-state index is 13.2. The molecular weight excluding hydrogens is 444 g/mol. The number of carbonyl (C=O) groups is 2. The minimum Gasteiger partial charge on any atom is -0.507 e. The summed E-state index contributed by atoms with van der Waals surface area (Å²) < 4.78 is 10.6. The number of pyridine rings is 1. The average Bonchev–Trinajstić information content (AvgIpc) is 3.09. The highest BCUT2D eigenvalue weighted by atomic mass is 35.5. The van der Waals surface area contributed by atoms with Crippen LogP contribution in [0.3, 0.4) is 0 Å². The third kappa shape index (κ3) is 4.27. The number of ketones is 1. The maximum absolute atomic E-state index is 13.2. The molecule has 2 aromatic carbocycles. The van der Waals surface area contributed by atoms with Gasteiger partial charge in [0, 0.05) is 24.5 Å². The number of likely N-dealkylation sites (tertiary alicyclic amines) is 1. The topological polar surface area (TPSA) is 89.0 Å². The van der Waals surface area contributed by atoms with Gasteiger partial charge in [0.2, 0.25) is 0 Å². The van der Waals surface area contributed by atoms with E-state index in [1.54, 1.807) is 60.9 Å². The lowest BCUT2D eigenvalue weighted by Crippen LogP contribution is -2.29. The molecule has 1 aliphatic rings. The molecule has 1 atom stereocenters. The molecule has 168 valence electrons. The van der Waals surface area contributed by atoms with E-state index in [0.717, 1.165) is 5.56 Å². The van der Waals surface area contributed by atoms with E-state index in [4.69, 9.17) is 21.1 Å². The van der Waals surface area contributed by atoms with Gasteiger partial charge in [0.1, 0.15) is 17.3 Å². The number of rotatable bonds is 6. The third-order valence-electron chi connectivity index (χ3n) is 5.48. The average molecular weight is 465 g/mol. The first kappa shape index (κ1) is 22.4. The molecule has 8 heteroatoms. The van der Waals surface area contributed by atoms with Crippen molar-refractivity contribution in [3.8, 4) is 11.5 Å². The van der Waals surface area contributed by atoms with Gasteiger partial charge in [-0.2, -0.15) is 0 Å². The van der Waals surface area contributed by atoms with E-state index in [1.165, 1.54) is 25.2 Å². The molecule has 3 aromatic rings. The molecule has 0 spiro atoms. The highest BCUT2D eigenvalue weighted by Crippen LogP contribution is 2.42. The number of benzene rings is 2. The second kappa shape index (κ2) is 9.34. The van der Waals surface area contributed by atoms with E-state index in [9.17, 15) is 14.7 Å². The van der Waals surface area contributed by atoms with E-state index in [1.807, 2.05) is 0 Å². The van der Waals surface area contributed by atoms with Crippen LogP contribution in [0.5, 0.6) is 11.5 Å². The van der Waals surface area contributed by atoms with E-state index in [0.29, 0.717) is 17.1 Å². The van der Waals surface area contributed by atoms with Crippen molar-refractivity contribution in [1.82, 2.24) is 9.88 Å². The van der Waals surface area contributed by atoms with Gasteiger partial charge in [-0.25, -0.2) is 0 Å². The fraction of sp³-hybridized carbons (Fsp3) is 0.160. The Hall–Kier alpha value is -3.84. The number of carbonyl (C=O) groups excluding carboxylic acids is 2. The highest BCUT2D eigenvalue weighted by Gasteiger charge is 2.46. The van der Waals surface area contributed by atoms with Crippen LogP contribution < -0.4 is 9.47 Å². The number of amides is 1. The molecule has 0 saturated carbocycles. The second-order valence-corrected chi connectivity index (χ2v) is 7.81. The molecule has 4 rings (SSSR count). The molecular formula is C25H21ClN2O5. The molecule has 1 aliphatic heterocycles. The minimum atomic E-state index is -0.851. The molecule has 0 radical (unpaired) electrons. The van der Waals surface area contributed by atoms with Crippen molar-refractivity contribution < 1.29 is 24.2 Å². The van der Waals surface area contributed by atoms with Crippen molar-refractivity contribution in [2.75, 3.05) is 14.2 Å². The predicted molar refractivity (Wildman–Crippen MR) is 123 cm³/mol. The van der Waals surface area contributed by atoms with E-state index in [2.05, 4.69) is 4.98 Å². The Labute approximate surface area is 195 Å². The van der Waals surface area contributed by atoms with Crippen molar-refractivity contribution in [1.29, 1.82) is 0 Å². The summed E-state index contributed by atoms with van der Waals surface area (Å²) in [5.74, 6) is -0.887. The van der Waals surface area contributed by atoms with Gasteiger partial charge in [-0.05, 0) is 53.6 Å². The number of aliphatic hydroxyl groups is 1. The minimum absolute atomic E-state index is 0.0579. The zero-order chi connectivity index (χ0) is 23.5. The molecule has 1 aromatic heterocycles. The molecule has 1 amide bonds. The number of halogens is 1. The van der Waals surface area contributed by atoms with E-state index < -0.39 is 17.7 Å². The smallest absolute Gasteiger partial charge is 0.295 e. The number of ether oxygens (including phenoxy) is 2. The van der Waals surface area contributed by atoms with Crippen molar-refractivity contribution in [3.05, 3.63) is 94.3 Å². The SMILES string of the molecule is COc1cccc(C2/C(=C(\O)c3cc(OC)ccc3Cl)C(=O)C(=O)N2Cc2ccncc2)c1. The molecule has 1 unspecified atom stereocenters. The van der Waals surface area contributed by atoms with Crippen LogP contribution in [0.1, 0.15) is 22.7 Å². The van der Waals surface area contributed by atoms with Gasteiger partial charge in [-0.15, -0.1) is 0 Å². The van der Waals surface area contributed by atoms with Gasteiger partial charge in [-0.3, -0.25) is 14.6 Å². The molecule has 0 bridgehead atoms. The normalized spacial score (nSPS) is 17.3. The second-order valence-electron chi connectivity index (χ2n) is 7.40. The lowest BCUT2D eigenvalue weighted by Gasteiger charge is -2.25. The molecule has 1 N–H and O–H groups in total. The quantitative estimate of drug-likeness (QED) is 0.331. The lowest BCUT2D eigenvalue weighted by molar-refractivity contribution is -0.140. The Morgan fingerprint density at radius 2 is 1.73 bits per heavy atom. The monoisotopic (exact) mass is 464 g/mol. The fourth-order valence-electron chi connectivity index (χ4n) is 3.84. The summed E-state index contributed by atoms with van der Waals surface area (Å²) in [5, 5.41) is 11.5. The summed E-state index contributed by atoms with van der Waals surface area (Å²) in [6.45, 7) is 0.150. The van der Waals surface area contributed by atoms with Crippen LogP contribution in [0.4, 0.5) is 0 Å². The standard InChI is InChI=1S/C25H21ClN2O5/c1-32-17-5-3-4-16(12-17)22-21(23(29)19-13-18(33-2)6-7-20(19)26)24(30)25(31)28(22)14-15-8-10-27-11-9-15/h3-13,22,29H,14H2,1-2H3/b23-21+. The Morgan fingerprint density at radius 3 is 2.42 bits per heavy atom. The predicted octanol–water partition coefficient (Wildman–Crippen LogP) is 4.37. The first-order valence-corrected chi connectivity index (χ1v) is 10.5. The zero-order valence-electron chi connectivity index (χ0n) is 18.0. The van der Waals surface area contributed by atoms with Crippen LogP contribution >= 0.6 is 11.6 Å². The van der Waals surface area contributed by atoms with Crippen LogP contribution in [-0.4, -0.2) is 40.9 Å². The Morgan fingerprint density at radius 1 is 1.03 bits per heavy atom. The highest BCUT2D eigenvalue weighted by molar-refractivity contribution is 6.47. The van der Waals surface area contributed by atoms with Crippen LogP contribution in [-0.2, 0) is 16.1 Å². The first-order chi connectivity index (χ1) is 15.9. The Bertz CT molecular complexity index is 1240. The van der Waals surface area contributed by atoms with E-state index >= 15 is 0 Å². The van der Waals surface area contributed by atoms with Crippen LogP contribution in [0, 0.1) is 0 Å². The third-order valence-corrected chi connectivity index (χ3v) is 5.81. The molecule has 1 saturated heterocycles. The summed E-state index contributed by atoms with van der Waals surface area (Å²) in [6, 6.07) is 14.4.